The van der Waals surface area contributed by atoms with E-state index >= 15 is 0 Å². The van der Waals surface area contributed by atoms with Crippen molar-refractivity contribution in [1.82, 2.24) is 0 Å². The van der Waals surface area contributed by atoms with Crippen LogP contribution < -0.4 is 4.74 Å². The van der Waals surface area contributed by atoms with Crippen LogP contribution in [0, 0.1) is 0 Å². The highest BCUT2D eigenvalue weighted by Crippen LogP contribution is 2.34. The van der Waals surface area contributed by atoms with Gasteiger partial charge in [0.25, 0.3) is 0 Å². The normalized spacial score (nSPS) is 32.5. The molecule has 0 spiro atoms. The van der Waals surface area contributed by atoms with E-state index in [2.05, 4.69) is 0 Å². The third-order valence-corrected chi connectivity index (χ3v) is 6.93. The molecular formula is C25H31ClO7. The molecule has 180 valence electrons. The van der Waals surface area contributed by atoms with Crippen LogP contribution in [0.1, 0.15) is 48.5 Å². The number of benzene rings is 2. The molecule has 1 saturated heterocycles. The molecule has 1 aliphatic heterocycles. The standard InChI is InChI=1S/C25H31ClO7/c26-18-10-7-15(25-24(31)23(30)22(29)21(13-27)33-25)12-16(18)11-14-5-8-17(9-6-14)32-20-4-2-1-3-19(20)28/h5-10,12,19-25,27-31H,1-4,11,13H2/t19-,20-,21-,22-,23+,24-,25+/m1/s1. The van der Waals surface area contributed by atoms with Gasteiger partial charge in [-0.3, -0.25) is 0 Å². The maximum atomic E-state index is 10.4. The molecule has 0 amide bonds. The van der Waals surface area contributed by atoms with E-state index < -0.39 is 43.2 Å². The Kier molecular flexibility index (Phi) is 7.91. The SMILES string of the molecule is OC[C@H]1O[C@@H](c2ccc(Cl)c(Cc3ccc(O[C@@H]4CCCC[C@H]4O)cc3)c2)[C@H](O)[C@@H](O)[C@@H]1O. The summed E-state index contributed by atoms with van der Waals surface area (Å²) < 4.78 is 11.6. The molecule has 7 atom stereocenters. The Morgan fingerprint density at radius 3 is 2.33 bits per heavy atom. The number of rotatable bonds is 6. The average Bonchev–Trinajstić information content (AvgIpc) is 2.82. The largest absolute Gasteiger partial charge is 0.488 e. The third-order valence-electron chi connectivity index (χ3n) is 6.56. The maximum absolute atomic E-state index is 10.4. The van der Waals surface area contributed by atoms with Gasteiger partial charge in [0.1, 0.15) is 42.4 Å². The van der Waals surface area contributed by atoms with Crippen molar-refractivity contribution in [3.63, 3.8) is 0 Å². The summed E-state index contributed by atoms with van der Waals surface area (Å²) in [6.45, 7) is -0.478. The number of hydrogen-bond acceptors (Lipinski definition) is 7. The Bertz CT molecular complexity index is 919. The summed E-state index contributed by atoms with van der Waals surface area (Å²) in [5, 5.41) is 50.7. The number of aliphatic hydroxyl groups is 5. The summed E-state index contributed by atoms with van der Waals surface area (Å²) in [7, 11) is 0. The van der Waals surface area contributed by atoms with Crippen molar-refractivity contribution in [3.8, 4) is 5.75 Å². The molecule has 4 rings (SSSR count). The van der Waals surface area contributed by atoms with E-state index in [1.54, 1.807) is 18.2 Å². The minimum absolute atomic E-state index is 0.172. The molecular weight excluding hydrogens is 448 g/mol. The summed E-state index contributed by atoms with van der Waals surface area (Å²) in [5.41, 5.74) is 2.40. The average molecular weight is 479 g/mol. The molecule has 2 aromatic rings. The van der Waals surface area contributed by atoms with Gasteiger partial charge in [0.2, 0.25) is 0 Å². The van der Waals surface area contributed by atoms with Gasteiger partial charge in [0.15, 0.2) is 0 Å². The molecule has 0 bridgehead atoms. The van der Waals surface area contributed by atoms with Gasteiger partial charge in [-0.25, -0.2) is 0 Å². The predicted molar refractivity (Wildman–Crippen MR) is 122 cm³/mol. The summed E-state index contributed by atoms with van der Waals surface area (Å²) in [6, 6.07) is 12.9. The van der Waals surface area contributed by atoms with Gasteiger partial charge >= 0.3 is 0 Å². The maximum Gasteiger partial charge on any atom is 0.124 e. The summed E-state index contributed by atoms with van der Waals surface area (Å²) >= 11 is 6.42. The topological polar surface area (TPSA) is 120 Å². The van der Waals surface area contributed by atoms with Crippen LogP contribution in [0.3, 0.4) is 0 Å². The fraction of sp³-hybridized carbons (Fsp3) is 0.520. The number of ether oxygens (including phenoxy) is 2. The molecule has 2 aromatic carbocycles. The van der Waals surface area contributed by atoms with Gasteiger partial charge in [0.05, 0.1) is 12.7 Å². The van der Waals surface area contributed by atoms with Crippen molar-refractivity contribution in [2.75, 3.05) is 6.61 Å². The fourth-order valence-electron chi connectivity index (χ4n) is 4.58. The first-order valence-corrected chi connectivity index (χ1v) is 11.8. The highest BCUT2D eigenvalue weighted by atomic mass is 35.5. The van der Waals surface area contributed by atoms with Gasteiger partial charge < -0.3 is 35.0 Å². The number of aliphatic hydroxyl groups excluding tert-OH is 5. The van der Waals surface area contributed by atoms with Crippen LogP contribution in [0.15, 0.2) is 42.5 Å². The van der Waals surface area contributed by atoms with E-state index in [-0.39, 0.29) is 6.10 Å². The van der Waals surface area contributed by atoms with Crippen molar-refractivity contribution >= 4 is 11.6 Å². The van der Waals surface area contributed by atoms with E-state index in [1.807, 2.05) is 24.3 Å². The van der Waals surface area contributed by atoms with Gasteiger partial charge in [-0.15, -0.1) is 0 Å². The van der Waals surface area contributed by atoms with E-state index in [1.165, 1.54) is 0 Å². The Morgan fingerprint density at radius 2 is 1.64 bits per heavy atom. The molecule has 5 N–H and O–H groups in total. The van der Waals surface area contributed by atoms with Crippen molar-refractivity contribution in [2.45, 2.75) is 74.8 Å². The molecule has 7 nitrogen and oxygen atoms in total. The van der Waals surface area contributed by atoms with Crippen LogP contribution in [0.2, 0.25) is 5.02 Å². The van der Waals surface area contributed by atoms with Gasteiger partial charge in [-0.1, -0.05) is 42.3 Å². The van der Waals surface area contributed by atoms with E-state index in [0.29, 0.717) is 22.8 Å². The number of halogens is 1. The lowest BCUT2D eigenvalue weighted by Gasteiger charge is -2.40. The monoisotopic (exact) mass is 478 g/mol. The zero-order chi connectivity index (χ0) is 23.5. The molecule has 0 unspecified atom stereocenters. The smallest absolute Gasteiger partial charge is 0.124 e. The van der Waals surface area contributed by atoms with Crippen molar-refractivity contribution in [2.24, 2.45) is 0 Å². The molecule has 8 heteroatoms. The van der Waals surface area contributed by atoms with Crippen LogP contribution in [0.25, 0.3) is 0 Å². The second kappa shape index (κ2) is 10.7. The summed E-state index contributed by atoms with van der Waals surface area (Å²) in [4.78, 5) is 0. The Hall–Kier alpha value is -1.71. The van der Waals surface area contributed by atoms with E-state index in [4.69, 9.17) is 21.1 Å². The van der Waals surface area contributed by atoms with Crippen LogP contribution in [0.4, 0.5) is 0 Å². The first-order valence-electron chi connectivity index (χ1n) is 11.4. The predicted octanol–water partition coefficient (Wildman–Crippen LogP) is 2.13. The second-order valence-electron chi connectivity index (χ2n) is 8.93. The second-order valence-corrected chi connectivity index (χ2v) is 9.34. The first kappa shape index (κ1) is 24.4. The zero-order valence-corrected chi connectivity index (χ0v) is 19.0. The molecule has 33 heavy (non-hydrogen) atoms. The lowest BCUT2D eigenvalue weighted by molar-refractivity contribution is -0.231. The molecule has 0 aromatic heterocycles. The molecule has 1 heterocycles. The summed E-state index contributed by atoms with van der Waals surface area (Å²) in [5.74, 6) is 0.714. The molecule has 2 fully saturated rings. The van der Waals surface area contributed by atoms with Crippen LogP contribution in [-0.4, -0.2) is 68.8 Å². The van der Waals surface area contributed by atoms with Crippen LogP contribution in [0.5, 0.6) is 5.75 Å². The molecule has 2 aliphatic rings. The van der Waals surface area contributed by atoms with Gasteiger partial charge in [0, 0.05) is 5.02 Å². The number of hydrogen-bond donors (Lipinski definition) is 5. The zero-order valence-electron chi connectivity index (χ0n) is 18.3. The van der Waals surface area contributed by atoms with Crippen molar-refractivity contribution in [3.05, 3.63) is 64.2 Å². The first-order chi connectivity index (χ1) is 15.9. The van der Waals surface area contributed by atoms with Crippen LogP contribution in [-0.2, 0) is 11.2 Å². The third kappa shape index (κ3) is 5.52. The van der Waals surface area contributed by atoms with E-state index in [0.717, 1.165) is 36.8 Å². The molecule has 0 radical (unpaired) electrons. The van der Waals surface area contributed by atoms with E-state index in [9.17, 15) is 25.5 Å². The summed E-state index contributed by atoms with van der Waals surface area (Å²) in [6.07, 6.45) is -2.42. The fourth-order valence-corrected chi connectivity index (χ4v) is 4.76. The highest BCUT2D eigenvalue weighted by Gasteiger charge is 2.44. The lowest BCUT2D eigenvalue weighted by Crippen LogP contribution is -2.55. The highest BCUT2D eigenvalue weighted by molar-refractivity contribution is 6.31. The Balaban J connectivity index is 1.47. The van der Waals surface area contributed by atoms with Gasteiger partial charge in [-0.05, 0) is 60.6 Å². The molecule has 1 aliphatic carbocycles. The lowest BCUT2D eigenvalue weighted by atomic mass is 9.90. The quantitative estimate of drug-likeness (QED) is 0.431. The minimum Gasteiger partial charge on any atom is -0.488 e. The van der Waals surface area contributed by atoms with Crippen LogP contribution >= 0.6 is 11.6 Å². The van der Waals surface area contributed by atoms with Gasteiger partial charge in [-0.2, -0.15) is 0 Å². The van der Waals surface area contributed by atoms with Crippen molar-refractivity contribution < 1.29 is 35.0 Å². The Morgan fingerprint density at radius 1 is 0.909 bits per heavy atom. The minimum atomic E-state index is -1.43. The van der Waals surface area contributed by atoms with Crippen molar-refractivity contribution in [1.29, 1.82) is 0 Å². The Labute approximate surface area is 198 Å². The molecule has 1 saturated carbocycles.